The van der Waals surface area contributed by atoms with Crippen molar-refractivity contribution in [3.8, 4) is 11.5 Å². The maximum atomic E-state index is 12.5. The summed E-state index contributed by atoms with van der Waals surface area (Å²) < 4.78 is 6.18. The zero-order valence-electron chi connectivity index (χ0n) is 26.9. The van der Waals surface area contributed by atoms with Crippen molar-refractivity contribution in [2.24, 2.45) is 16.6 Å². The van der Waals surface area contributed by atoms with Gasteiger partial charge >= 0.3 is 0 Å². The fourth-order valence-corrected chi connectivity index (χ4v) is 8.58. The van der Waals surface area contributed by atoms with Crippen LogP contribution in [0.4, 0.5) is 0 Å². The number of aryl methyl sites for hydroxylation is 1. The van der Waals surface area contributed by atoms with Gasteiger partial charge in [0.1, 0.15) is 30.4 Å². The quantitative estimate of drug-likeness (QED) is 0.206. The number of hydrogen-bond acceptors (Lipinski definition) is 7. The average Bonchev–Trinajstić information content (AvgIpc) is 3.77. The molecule has 6 N–H and O–H groups in total. The zero-order valence-corrected chi connectivity index (χ0v) is 26.9. The minimum atomic E-state index is -0.560. The Morgan fingerprint density at radius 2 is 2.15 bits per heavy atom. The third kappa shape index (κ3) is 5.61. The van der Waals surface area contributed by atoms with Crippen molar-refractivity contribution >= 4 is 17.1 Å². The van der Waals surface area contributed by atoms with Gasteiger partial charge in [-0.2, -0.15) is 0 Å². The minimum absolute atomic E-state index is 0.0635. The number of fused-ring (bicyclic) bond motifs is 3. The summed E-state index contributed by atoms with van der Waals surface area (Å²) in [6.07, 6.45) is 15.3. The molecule has 3 heterocycles. The monoisotopic (exact) mass is 623 g/mol. The van der Waals surface area contributed by atoms with Crippen LogP contribution >= 0.6 is 0 Å². The molecule has 8 nitrogen and oxygen atoms in total. The number of carbonyl (C=O) groups excluding carboxylic acids is 1. The predicted molar refractivity (Wildman–Crippen MR) is 179 cm³/mol. The van der Waals surface area contributed by atoms with Gasteiger partial charge in [-0.3, -0.25) is 14.7 Å². The number of allylic oxidation sites excluding steroid dienone is 2. The first-order valence-electron chi connectivity index (χ1n) is 17.2. The second kappa shape index (κ2) is 12.8. The van der Waals surface area contributed by atoms with Crippen LogP contribution in [0.1, 0.15) is 99.6 Å². The zero-order chi connectivity index (χ0) is 31.8. The smallest absolute Gasteiger partial charge is 0.227 e. The molecule has 5 aliphatic rings. The van der Waals surface area contributed by atoms with E-state index < -0.39 is 6.10 Å². The molecule has 0 saturated heterocycles. The summed E-state index contributed by atoms with van der Waals surface area (Å²) in [6, 6.07) is 12.0. The normalized spacial score (nSPS) is 26.2. The van der Waals surface area contributed by atoms with Crippen LogP contribution in [0.2, 0.25) is 0 Å². The van der Waals surface area contributed by atoms with Crippen molar-refractivity contribution in [2.45, 2.75) is 95.2 Å². The lowest BCUT2D eigenvalue weighted by Crippen LogP contribution is -3.07. The highest BCUT2D eigenvalue weighted by Gasteiger charge is 2.54. The first kappa shape index (κ1) is 30.9. The number of benzene rings is 2. The lowest BCUT2D eigenvalue weighted by atomic mass is 9.58. The Labute approximate surface area is 271 Å². The maximum absolute atomic E-state index is 12.5. The number of nitrogens with zero attached hydrogens (tertiary/aromatic N) is 1. The van der Waals surface area contributed by atoms with Gasteiger partial charge in [-0.25, -0.2) is 0 Å². The third-order valence-corrected chi connectivity index (χ3v) is 10.9. The van der Waals surface area contributed by atoms with Gasteiger partial charge in [0.05, 0.1) is 11.7 Å². The number of carbonyl (C=O) groups is 1. The highest BCUT2D eigenvalue weighted by molar-refractivity contribution is 6.09. The summed E-state index contributed by atoms with van der Waals surface area (Å²) in [5.41, 5.74) is 16.3. The molecule has 7 rings (SSSR count). The van der Waals surface area contributed by atoms with E-state index in [2.05, 4.69) is 49.0 Å². The number of phenols is 1. The number of rotatable bonds is 13. The maximum Gasteiger partial charge on any atom is 0.227 e. The second-order valence-electron chi connectivity index (χ2n) is 13.8. The molecule has 8 heteroatoms. The fourth-order valence-electron chi connectivity index (χ4n) is 8.58. The lowest BCUT2D eigenvalue weighted by Gasteiger charge is -2.45. The molecule has 5 atom stereocenters. The molecule has 1 unspecified atom stereocenters. The van der Waals surface area contributed by atoms with Crippen LogP contribution in [0, 0.1) is 5.92 Å². The van der Waals surface area contributed by atoms with Crippen LogP contribution < -0.4 is 20.7 Å². The van der Waals surface area contributed by atoms with Crippen LogP contribution in [0.5, 0.6) is 11.5 Å². The van der Waals surface area contributed by atoms with E-state index in [-0.39, 0.29) is 29.5 Å². The summed E-state index contributed by atoms with van der Waals surface area (Å²) >= 11 is 0. The second-order valence-corrected chi connectivity index (χ2v) is 13.8. The summed E-state index contributed by atoms with van der Waals surface area (Å²) in [7, 11) is 0. The third-order valence-electron chi connectivity index (χ3n) is 10.9. The molecule has 2 aliphatic carbocycles. The highest BCUT2D eigenvalue weighted by Crippen LogP contribution is 2.61. The first-order valence-corrected chi connectivity index (χ1v) is 17.2. The molecule has 2 aromatic rings. The van der Waals surface area contributed by atoms with Crippen LogP contribution in [-0.4, -0.2) is 41.1 Å². The van der Waals surface area contributed by atoms with E-state index >= 15 is 0 Å². The molecular weight excluding hydrogens is 576 g/mol. The molecule has 2 aromatic carbocycles. The van der Waals surface area contributed by atoms with E-state index in [0.29, 0.717) is 37.7 Å². The molecule has 0 bridgehead atoms. The summed E-state index contributed by atoms with van der Waals surface area (Å²) in [6.45, 7) is 3.22. The van der Waals surface area contributed by atoms with Crippen molar-refractivity contribution in [2.75, 3.05) is 13.3 Å². The number of aliphatic hydroxyl groups excluding tert-OH is 1. The van der Waals surface area contributed by atoms with Crippen molar-refractivity contribution in [1.29, 1.82) is 0 Å². The minimum Gasteiger partial charge on any atom is -0.504 e. The van der Waals surface area contributed by atoms with Crippen molar-refractivity contribution in [1.82, 2.24) is 5.32 Å². The van der Waals surface area contributed by atoms with E-state index in [1.165, 1.54) is 46.3 Å². The predicted octanol–water partition coefficient (Wildman–Crippen LogP) is 4.73. The Hall–Kier alpha value is -3.72. The Balaban J connectivity index is 1.03. The van der Waals surface area contributed by atoms with Crippen molar-refractivity contribution in [3.05, 3.63) is 88.4 Å². The largest absolute Gasteiger partial charge is 0.504 e. The van der Waals surface area contributed by atoms with E-state index in [0.717, 1.165) is 54.8 Å². The number of unbranched alkanes of at least 4 members (excludes halogenated alkanes) is 2. The average molecular weight is 624 g/mol. The van der Waals surface area contributed by atoms with Gasteiger partial charge in [-0.15, -0.1) is 0 Å². The fraction of sp³-hybridized carbons (Fsp3) is 0.474. The van der Waals surface area contributed by atoms with Gasteiger partial charge in [0, 0.05) is 30.7 Å². The van der Waals surface area contributed by atoms with Crippen LogP contribution in [-0.2, 0) is 16.6 Å². The number of nitrogens with two attached hydrogens (primary N) is 1. The number of nitrogens with one attached hydrogen (secondary N) is 2. The number of quaternary nitrogens is 1. The standard InChI is InChI=1S/C38H46N4O4/c1-2-3-4-8-27(43)18-28(44)13-11-24-12-14-34(45)35(16-24)46-23-42-21-30-32(20-40-33(30)22-42)38-15-6-7-26(38)17-25-19-41-37(39)29-9-5-10-31(38)36(25)29/h5,9-10,12,14,16,19-21,26-27,37,41,43,45H,2-4,6-8,11,13,15,17-18,22-23,39H2,1H3/p+1/t26-,27-,37+,38+/m1/s1. The van der Waals surface area contributed by atoms with Crippen LogP contribution in [0.15, 0.2) is 71.1 Å². The Morgan fingerprint density at radius 1 is 1.26 bits per heavy atom. The van der Waals surface area contributed by atoms with Gasteiger partial charge in [-0.05, 0) is 83.6 Å². The number of hydrogen-bond donors (Lipinski definition) is 5. The number of Topliss-reactive ketones (excluding diaryl/α,β-unsaturated/α-hetero) is 1. The molecule has 0 aromatic heterocycles. The number of aliphatic hydroxyl groups is 1. The van der Waals surface area contributed by atoms with E-state index in [1.807, 2.05) is 12.1 Å². The summed E-state index contributed by atoms with van der Waals surface area (Å²) in [5.74, 6) is 1.10. The molecule has 0 radical (unpaired) electrons. The van der Waals surface area contributed by atoms with Gasteiger partial charge in [0.25, 0.3) is 0 Å². The van der Waals surface area contributed by atoms with Gasteiger partial charge in [0.15, 0.2) is 11.5 Å². The highest BCUT2D eigenvalue weighted by atomic mass is 16.5. The van der Waals surface area contributed by atoms with E-state index in [9.17, 15) is 15.0 Å². The number of ketones is 1. The number of aliphatic imine (C=N–C) groups is 1. The molecule has 0 spiro atoms. The number of aromatic hydroxyl groups is 1. The Kier molecular flexibility index (Phi) is 8.61. The number of phenolic OH excluding ortho intramolecular Hbond substituents is 1. The van der Waals surface area contributed by atoms with Gasteiger partial charge in [0.2, 0.25) is 6.73 Å². The van der Waals surface area contributed by atoms with Crippen molar-refractivity contribution in [3.63, 3.8) is 0 Å². The van der Waals surface area contributed by atoms with E-state index in [1.54, 1.807) is 6.07 Å². The first-order chi connectivity index (χ1) is 22.4. The molecular formula is C38H47N4O4+. The van der Waals surface area contributed by atoms with Crippen molar-refractivity contribution < 1.29 is 24.6 Å². The molecule has 46 heavy (non-hydrogen) atoms. The topological polar surface area (TPSA) is 122 Å². The summed E-state index contributed by atoms with van der Waals surface area (Å²) in [5, 5.41) is 24.1. The van der Waals surface area contributed by atoms with E-state index in [4.69, 9.17) is 15.5 Å². The Morgan fingerprint density at radius 3 is 3.02 bits per heavy atom. The van der Waals surface area contributed by atoms with Gasteiger partial charge < -0.3 is 26.0 Å². The molecule has 0 amide bonds. The number of ether oxygens (including phenoxy) is 1. The van der Waals surface area contributed by atoms with Crippen LogP contribution in [0.3, 0.4) is 0 Å². The van der Waals surface area contributed by atoms with Gasteiger partial charge in [-0.1, -0.05) is 56.9 Å². The lowest BCUT2D eigenvalue weighted by molar-refractivity contribution is -0.851. The Bertz CT molecular complexity index is 1640. The molecule has 1 fully saturated rings. The van der Waals surface area contributed by atoms with Crippen LogP contribution in [0.25, 0.3) is 5.57 Å². The molecule has 3 aliphatic heterocycles. The molecule has 242 valence electrons. The summed E-state index contributed by atoms with van der Waals surface area (Å²) in [4.78, 5) is 18.6. The SMILES string of the molecule is CCCCC[C@@H](O)CC(=O)CCc1ccc(O)c(OC[NH+]2C=C3C([C@@]45CCC[C@@H]4CC4=CN[C@H](N)c6cccc5c64)=CN=C3C2)c1. The molecule has 1 saturated carbocycles.